The number of aromatic nitrogens is 8. The third-order valence-electron chi connectivity index (χ3n) is 12.6. The molecule has 5 aromatic rings. The molecule has 73 heavy (non-hydrogen) atoms. The van der Waals surface area contributed by atoms with Crippen molar-refractivity contribution in [2.24, 2.45) is 11.8 Å². The van der Waals surface area contributed by atoms with Crippen LogP contribution in [0.5, 0.6) is 0 Å². The molecule has 0 saturated carbocycles. The van der Waals surface area contributed by atoms with Crippen molar-refractivity contribution < 1.29 is 70.0 Å². The summed E-state index contributed by atoms with van der Waals surface area (Å²) in [6.07, 6.45) is -9.68. The van der Waals surface area contributed by atoms with E-state index in [0.717, 1.165) is 6.33 Å². The third-order valence-corrected chi connectivity index (χ3v) is 19.1. The van der Waals surface area contributed by atoms with Gasteiger partial charge in [-0.25, -0.2) is 23.9 Å². The molecule has 1 aromatic carbocycles. The monoisotopic (exact) mass is 1080 g/mol. The molecule has 2 unspecified atom stereocenters. The van der Waals surface area contributed by atoms with Gasteiger partial charge in [-0.3, -0.25) is 67.0 Å². The molecular formula is C42H57N11O17P2Si. The first-order chi connectivity index (χ1) is 34.2. The van der Waals surface area contributed by atoms with E-state index in [-0.39, 0.29) is 40.8 Å². The van der Waals surface area contributed by atoms with E-state index in [1.54, 1.807) is 58.0 Å². The Morgan fingerprint density at radius 1 is 0.795 bits per heavy atom. The molecule has 4 aromatic heterocycles. The van der Waals surface area contributed by atoms with Gasteiger partial charge in [-0.15, -0.1) is 0 Å². The Kier molecular flexibility index (Phi) is 15.2. The number of nitrogens with zero attached hydrogens (tertiary/aromatic N) is 6. The quantitative estimate of drug-likeness (QED) is 0.0727. The van der Waals surface area contributed by atoms with Gasteiger partial charge < -0.3 is 33.7 Å². The standard InChI is InChI=1S/C42H57N11O17P2Si/c1-20(2)33(54)48-39-46-31-26(35(56)50-39)43-18-52(31)37-25(45-41(58)63-15-22-13-11-10-12-14-22)28-23(66-37)16-64-72(61,62)69-29-24(17-65-71(59,60)68-28)67-38(30(29)70-73(8,9)42(5,6)7)53-19-44-27-32(53)47-40(51-36(27)57)49-34(55)21(3)4/h10-14,18-21,23-25,28-30,37-38H,15-17H2,1-9H3,(H,45,58)(H,59,60)(H,61,62)(H2,46,48,50,54,56)(H2,47,49,51,55,57)/t23-,24-,25-,28-,29-,30-,37-,38-/m1/s1. The second-order valence-corrected chi connectivity index (χ2v) is 27.2. The zero-order valence-electron chi connectivity index (χ0n) is 41.0. The summed E-state index contributed by atoms with van der Waals surface area (Å²) in [5.41, 5.74) is -1.60. The molecule has 28 nitrogen and oxygen atoms in total. The number of H-pyrrole nitrogens is 2. The topological polar surface area (TPSA) is 363 Å². The predicted octanol–water partition coefficient (Wildman–Crippen LogP) is 3.94. The Balaban J connectivity index is 1.16. The summed E-state index contributed by atoms with van der Waals surface area (Å²) in [7, 11) is -13.6. The minimum absolute atomic E-state index is 0.100. The number of fused-ring (bicyclic) bond motifs is 4. The lowest BCUT2D eigenvalue weighted by Crippen LogP contribution is -2.49. The predicted molar refractivity (Wildman–Crippen MR) is 258 cm³/mol. The van der Waals surface area contributed by atoms with Crippen LogP contribution in [0.1, 0.15) is 66.5 Å². The van der Waals surface area contributed by atoms with E-state index in [2.05, 4.69) is 45.9 Å². The Morgan fingerprint density at radius 2 is 1.27 bits per heavy atom. The van der Waals surface area contributed by atoms with E-state index in [4.69, 9.17) is 36.7 Å². The van der Waals surface area contributed by atoms with Gasteiger partial charge >= 0.3 is 21.7 Å². The van der Waals surface area contributed by atoms with Crippen molar-refractivity contribution in [2.45, 2.75) is 122 Å². The number of anilines is 2. The van der Waals surface area contributed by atoms with E-state index in [1.165, 1.54) is 15.5 Å². The Labute approximate surface area is 416 Å². The van der Waals surface area contributed by atoms with Crippen LogP contribution in [-0.4, -0.2) is 125 Å². The summed E-state index contributed by atoms with van der Waals surface area (Å²) in [5, 5.41) is 7.14. The highest BCUT2D eigenvalue weighted by Gasteiger charge is 2.57. The van der Waals surface area contributed by atoms with Gasteiger partial charge in [-0.2, -0.15) is 9.97 Å². The Hall–Kier alpha value is -5.55. The number of carbonyl (C=O) groups is 3. The number of aromatic amines is 2. The van der Waals surface area contributed by atoms with E-state index in [9.17, 15) is 42.9 Å². The van der Waals surface area contributed by atoms with Crippen LogP contribution in [0.3, 0.4) is 0 Å². The summed E-state index contributed by atoms with van der Waals surface area (Å²) in [6.45, 7) is 14.1. The molecule has 3 amide bonds. The lowest BCUT2D eigenvalue weighted by Gasteiger charge is -2.40. The van der Waals surface area contributed by atoms with E-state index in [1.807, 2.05) is 33.9 Å². The van der Waals surface area contributed by atoms with Crippen LogP contribution in [0, 0.1) is 11.8 Å². The molecule has 8 rings (SSSR count). The van der Waals surface area contributed by atoms with Gasteiger partial charge in [0.1, 0.15) is 43.2 Å². The summed E-state index contributed by atoms with van der Waals surface area (Å²) < 4.78 is 79.2. The fourth-order valence-corrected chi connectivity index (χ4v) is 10.9. The number of benzene rings is 1. The van der Waals surface area contributed by atoms with E-state index >= 15 is 0 Å². The minimum Gasteiger partial charge on any atom is -0.445 e. The molecule has 0 aliphatic carbocycles. The van der Waals surface area contributed by atoms with Gasteiger partial charge in [0.15, 0.2) is 43.1 Å². The average molecular weight is 1080 g/mol. The molecule has 3 aliphatic heterocycles. The molecule has 3 saturated heterocycles. The summed E-state index contributed by atoms with van der Waals surface area (Å²) in [5.74, 6) is -2.42. The second-order valence-electron chi connectivity index (χ2n) is 19.6. The molecule has 7 heterocycles. The molecule has 0 radical (unpaired) electrons. The van der Waals surface area contributed by atoms with Gasteiger partial charge in [0.25, 0.3) is 11.1 Å². The molecule has 31 heteroatoms. The van der Waals surface area contributed by atoms with Gasteiger partial charge in [0, 0.05) is 11.8 Å². The smallest absolute Gasteiger partial charge is 0.445 e. The first-order valence-corrected chi connectivity index (χ1v) is 28.9. The number of rotatable bonds is 11. The van der Waals surface area contributed by atoms with Crippen LogP contribution in [0.4, 0.5) is 16.7 Å². The summed E-state index contributed by atoms with van der Waals surface area (Å²) in [6, 6.07) is 7.04. The number of carbonyl (C=O) groups excluding carboxylic acids is 3. The number of phosphoric acid groups is 2. The van der Waals surface area contributed by atoms with Crippen molar-refractivity contribution in [1.82, 2.24) is 44.4 Å². The maximum absolute atomic E-state index is 14.3. The molecule has 3 fully saturated rings. The van der Waals surface area contributed by atoms with Crippen molar-refractivity contribution in [2.75, 3.05) is 23.8 Å². The molecule has 7 N–H and O–H groups in total. The van der Waals surface area contributed by atoms with Crippen LogP contribution in [0.2, 0.25) is 18.1 Å². The average Bonchev–Trinajstić information content (AvgIpc) is 4.08. The second kappa shape index (κ2) is 20.6. The molecule has 0 spiro atoms. The number of hydrogen-bond donors (Lipinski definition) is 7. The number of imidazole rings is 2. The van der Waals surface area contributed by atoms with E-state index in [0.29, 0.717) is 5.56 Å². The zero-order valence-corrected chi connectivity index (χ0v) is 43.8. The third kappa shape index (κ3) is 11.7. The molecule has 396 valence electrons. The van der Waals surface area contributed by atoms with E-state index < -0.39 is 132 Å². The number of phosphoric ester groups is 2. The zero-order chi connectivity index (χ0) is 52.9. The normalized spacial score (nSPS) is 28.1. The van der Waals surface area contributed by atoms with Crippen molar-refractivity contribution in [3.05, 3.63) is 69.3 Å². The van der Waals surface area contributed by atoms with Crippen molar-refractivity contribution in [1.29, 1.82) is 0 Å². The molecule has 10 atom stereocenters. The first kappa shape index (κ1) is 53.7. The number of ether oxygens (including phenoxy) is 3. The molecule has 0 bridgehead atoms. The highest BCUT2D eigenvalue weighted by molar-refractivity contribution is 7.47. The van der Waals surface area contributed by atoms with Crippen LogP contribution < -0.4 is 27.1 Å². The summed E-state index contributed by atoms with van der Waals surface area (Å²) >= 11 is 0. The van der Waals surface area contributed by atoms with Gasteiger partial charge in [0.2, 0.25) is 23.7 Å². The lowest BCUT2D eigenvalue weighted by molar-refractivity contribution is -0.119. The maximum Gasteiger partial charge on any atom is 0.472 e. The number of hydrogen-bond acceptors (Lipinski definition) is 19. The fraction of sp³-hybridized carbons (Fsp3) is 0.548. The highest BCUT2D eigenvalue weighted by Crippen LogP contribution is 2.55. The Bertz CT molecular complexity index is 3110. The van der Waals surface area contributed by atoms with Crippen LogP contribution in [-0.2, 0) is 62.1 Å². The van der Waals surface area contributed by atoms with Crippen LogP contribution in [0.25, 0.3) is 22.3 Å². The number of alkyl carbamates (subject to hydrolysis) is 1. The van der Waals surface area contributed by atoms with Gasteiger partial charge in [-0.1, -0.05) is 78.8 Å². The van der Waals surface area contributed by atoms with Crippen molar-refractivity contribution >= 4 is 76.1 Å². The van der Waals surface area contributed by atoms with Crippen LogP contribution >= 0.6 is 15.6 Å². The lowest BCUT2D eigenvalue weighted by atomic mass is 10.1. The molecular weight excluding hydrogens is 1020 g/mol. The largest absolute Gasteiger partial charge is 0.472 e. The van der Waals surface area contributed by atoms with Crippen LogP contribution in [0.15, 0.2) is 52.6 Å². The SMILES string of the molecule is CC(C)C(=O)Nc1nc2c(ncn2[C@@H]2O[C@@H]3COP(=O)(O)O[C@H]4[C@@H](O[Si](C)(C)C(C)(C)C)[C@H](n5cnc6c(=O)[nH]c(NC(=O)C(C)C)nc65)O[C@@H]4COP(=O)(O)O[C@H]3[C@H]2NC(=O)OCc2ccccc2)c(=O)[nH]1. The number of amides is 3. The van der Waals surface area contributed by atoms with Crippen molar-refractivity contribution in [3.8, 4) is 0 Å². The highest BCUT2D eigenvalue weighted by atomic mass is 31.2. The fourth-order valence-electron chi connectivity index (χ4n) is 7.70. The Morgan fingerprint density at radius 3 is 1.78 bits per heavy atom. The van der Waals surface area contributed by atoms with Crippen molar-refractivity contribution in [3.63, 3.8) is 0 Å². The number of nitrogens with one attached hydrogen (secondary N) is 5. The maximum atomic E-state index is 14.3. The minimum atomic E-state index is -5.35. The summed E-state index contributed by atoms with van der Waals surface area (Å²) in [4.78, 5) is 111. The first-order valence-electron chi connectivity index (χ1n) is 23.0. The van der Waals surface area contributed by atoms with Gasteiger partial charge in [-0.05, 0) is 23.7 Å². The molecule has 3 aliphatic rings. The van der Waals surface area contributed by atoms with Gasteiger partial charge in [0.05, 0.1) is 25.9 Å².